The first-order valence-electron chi connectivity index (χ1n) is 8.90. The van der Waals surface area contributed by atoms with Gasteiger partial charge in [0.05, 0.1) is 0 Å². The van der Waals surface area contributed by atoms with Gasteiger partial charge in [-0.3, -0.25) is 0 Å². The summed E-state index contributed by atoms with van der Waals surface area (Å²) in [7, 11) is 0. The van der Waals surface area contributed by atoms with E-state index in [4.69, 9.17) is 0 Å². The zero-order valence-electron chi connectivity index (χ0n) is 15.6. The summed E-state index contributed by atoms with van der Waals surface area (Å²) >= 11 is 2.13. The molecule has 0 aromatic heterocycles. The van der Waals surface area contributed by atoms with Crippen molar-refractivity contribution < 1.29 is 0 Å². The van der Waals surface area contributed by atoms with E-state index in [1.807, 2.05) is 0 Å². The fourth-order valence-electron chi connectivity index (χ4n) is 3.17. The van der Waals surface area contributed by atoms with Crippen molar-refractivity contribution in [2.45, 2.75) is 95.1 Å². The number of thioether (sulfide) groups is 1. The molecule has 1 aromatic rings. The molecule has 124 valence electrons. The van der Waals surface area contributed by atoms with E-state index in [0.29, 0.717) is 0 Å². The van der Waals surface area contributed by atoms with Gasteiger partial charge in [0, 0.05) is 10.1 Å². The van der Waals surface area contributed by atoms with Crippen LogP contribution in [0.25, 0.3) is 0 Å². The third kappa shape index (κ3) is 4.54. The number of benzene rings is 1. The van der Waals surface area contributed by atoms with Crippen LogP contribution in [0.3, 0.4) is 0 Å². The van der Waals surface area contributed by atoms with Crippen molar-refractivity contribution >= 4 is 11.8 Å². The summed E-state index contributed by atoms with van der Waals surface area (Å²) in [6, 6.07) is 7.32. The third-order valence-corrected chi connectivity index (χ3v) is 6.47. The monoisotopic (exact) mass is 318 g/mol. The zero-order valence-corrected chi connectivity index (χ0v) is 16.4. The Labute approximate surface area is 142 Å². The quantitative estimate of drug-likeness (QED) is 0.568. The lowest BCUT2D eigenvalue weighted by molar-refractivity contribution is 0.397. The van der Waals surface area contributed by atoms with Gasteiger partial charge in [-0.15, -0.1) is 11.8 Å². The van der Waals surface area contributed by atoms with Gasteiger partial charge in [0.15, 0.2) is 0 Å². The molecule has 0 amide bonds. The first-order chi connectivity index (χ1) is 10.1. The first kappa shape index (κ1) is 17.9. The number of hydrogen-bond donors (Lipinski definition) is 0. The number of rotatable bonds is 2. The van der Waals surface area contributed by atoms with Crippen molar-refractivity contribution in [2.24, 2.45) is 5.92 Å². The second-order valence-corrected chi connectivity index (χ2v) is 10.5. The summed E-state index contributed by atoms with van der Waals surface area (Å²) in [5.41, 5.74) is 3.39. The molecule has 1 heteroatoms. The molecule has 0 aliphatic heterocycles. The Balaban J connectivity index is 2.33. The van der Waals surface area contributed by atoms with Gasteiger partial charge in [0.2, 0.25) is 0 Å². The van der Waals surface area contributed by atoms with E-state index in [1.54, 1.807) is 0 Å². The molecule has 1 aliphatic carbocycles. The predicted octanol–water partition coefficient (Wildman–Crippen LogP) is 6.95. The van der Waals surface area contributed by atoms with Crippen LogP contribution in [-0.4, -0.2) is 5.25 Å². The van der Waals surface area contributed by atoms with Crippen LogP contribution in [0.15, 0.2) is 23.1 Å². The minimum Gasteiger partial charge on any atom is -0.122 e. The van der Waals surface area contributed by atoms with E-state index in [0.717, 1.165) is 11.2 Å². The van der Waals surface area contributed by atoms with E-state index in [1.165, 1.54) is 41.7 Å². The summed E-state index contributed by atoms with van der Waals surface area (Å²) in [6.07, 6.45) is 5.62. The Morgan fingerprint density at radius 1 is 0.818 bits per heavy atom. The van der Waals surface area contributed by atoms with E-state index in [2.05, 4.69) is 78.4 Å². The standard InChI is InChI=1S/C21H34S/c1-15-10-8-9-11-19(15)22-18-13-16(20(2,3)4)12-17(14-18)21(5,6)7/h12-15,19H,8-11H2,1-7H3. The topological polar surface area (TPSA) is 0 Å². The molecule has 2 rings (SSSR count). The normalized spacial score (nSPS) is 23.6. The van der Waals surface area contributed by atoms with Gasteiger partial charge in [-0.05, 0) is 52.8 Å². The van der Waals surface area contributed by atoms with Gasteiger partial charge in [-0.25, -0.2) is 0 Å². The minimum absolute atomic E-state index is 0.217. The Bertz CT molecular complexity index is 469. The molecule has 1 saturated carbocycles. The lowest BCUT2D eigenvalue weighted by atomic mass is 9.81. The lowest BCUT2D eigenvalue weighted by Gasteiger charge is -2.30. The maximum atomic E-state index is 2.45. The molecule has 0 nitrogen and oxygen atoms in total. The van der Waals surface area contributed by atoms with E-state index < -0.39 is 0 Å². The molecule has 2 unspecified atom stereocenters. The van der Waals surface area contributed by atoms with Crippen molar-refractivity contribution in [2.75, 3.05) is 0 Å². The van der Waals surface area contributed by atoms with Gasteiger partial charge in [0.25, 0.3) is 0 Å². The zero-order chi connectivity index (χ0) is 16.5. The molecule has 1 aliphatic rings. The average Bonchev–Trinajstić information content (AvgIpc) is 2.39. The van der Waals surface area contributed by atoms with Crippen molar-refractivity contribution in [3.63, 3.8) is 0 Å². The minimum atomic E-state index is 0.217. The highest BCUT2D eigenvalue weighted by atomic mass is 32.2. The van der Waals surface area contributed by atoms with Gasteiger partial charge in [-0.1, -0.05) is 67.4 Å². The van der Waals surface area contributed by atoms with Crippen LogP contribution in [0.2, 0.25) is 0 Å². The summed E-state index contributed by atoms with van der Waals surface area (Å²) in [5, 5.41) is 0.803. The average molecular weight is 319 g/mol. The molecule has 0 N–H and O–H groups in total. The molecule has 1 fully saturated rings. The molecular weight excluding hydrogens is 284 g/mol. The Hall–Kier alpha value is -0.430. The van der Waals surface area contributed by atoms with Crippen LogP contribution in [-0.2, 0) is 10.8 Å². The fourth-order valence-corrected chi connectivity index (χ4v) is 4.56. The van der Waals surface area contributed by atoms with Crippen molar-refractivity contribution in [1.29, 1.82) is 0 Å². The molecule has 0 radical (unpaired) electrons. The van der Waals surface area contributed by atoms with Crippen molar-refractivity contribution in [3.8, 4) is 0 Å². The van der Waals surface area contributed by atoms with E-state index in [-0.39, 0.29) is 10.8 Å². The third-order valence-electron chi connectivity index (χ3n) is 4.96. The molecule has 2 atom stereocenters. The van der Waals surface area contributed by atoms with Crippen LogP contribution in [0, 0.1) is 5.92 Å². The maximum Gasteiger partial charge on any atom is 0.0120 e. The predicted molar refractivity (Wildman–Crippen MR) is 101 cm³/mol. The second kappa shape index (κ2) is 6.59. The highest BCUT2D eigenvalue weighted by molar-refractivity contribution is 8.00. The van der Waals surface area contributed by atoms with Crippen LogP contribution >= 0.6 is 11.8 Å². The van der Waals surface area contributed by atoms with Crippen LogP contribution in [0.1, 0.15) is 85.3 Å². The summed E-state index contributed by atoms with van der Waals surface area (Å²) in [6.45, 7) is 16.4. The lowest BCUT2D eigenvalue weighted by Crippen LogP contribution is -2.20. The molecule has 0 heterocycles. The Morgan fingerprint density at radius 2 is 1.32 bits per heavy atom. The Kier molecular flexibility index (Phi) is 5.37. The Morgan fingerprint density at radius 3 is 1.77 bits per heavy atom. The highest BCUT2D eigenvalue weighted by Gasteiger charge is 2.25. The highest BCUT2D eigenvalue weighted by Crippen LogP contribution is 2.40. The molecular formula is C21H34S. The van der Waals surface area contributed by atoms with E-state index >= 15 is 0 Å². The largest absolute Gasteiger partial charge is 0.122 e. The number of hydrogen-bond acceptors (Lipinski definition) is 1. The van der Waals surface area contributed by atoms with Crippen molar-refractivity contribution in [1.82, 2.24) is 0 Å². The van der Waals surface area contributed by atoms with Gasteiger partial charge in [0.1, 0.15) is 0 Å². The van der Waals surface area contributed by atoms with Crippen LogP contribution in [0.5, 0.6) is 0 Å². The maximum absolute atomic E-state index is 2.45. The van der Waals surface area contributed by atoms with Crippen LogP contribution < -0.4 is 0 Å². The SMILES string of the molecule is CC1CCCCC1Sc1cc(C(C)(C)C)cc(C(C)(C)C)c1. The summed E-state index contributed by atoms with van der Waals surface area (Å²) < 4.78 is 0. The summed E-state index contributed by atoms with van der Waals surface area (Å²) in [5.74, 6) is 0.857. The molecule has 1 aromatic carbocycles. The molecule has 0 bridgehead atoms. The second-order valence-electron chi connectivity index (χ2n) is 9.16. The van der Waals surface area contributed by atoms with E-state index in [9.17, 15) is 0 Å². The van der Waals surface area contributed by atoms with Crippen LogP contribution in [0.4, 0.5) is 0 Å². The van der Waals surface area contributed by atoms with Gasteiger partial charge < -0.3 is 0 Å². The van der Waals surface area contributed by atoms with Gasteiger partial charge in [-0.2, -0.15) is 0 Å². The van der Waals surface area contributed by atoms with Gasteiger partial charge >= 0.3 is 0 Å². The fraction of sp³-hybridized carbons (Fsp3) is 0.714. The first-order valence-corrected chi connectivity index (χ1v) is 9.78. The van der Waals surface area contributed by atoms with Crippen molar-refractivity contribution in [3.05, 3.63) is 29.3 Å². The summed E-state index contributed by atoms with van der Waals surface area (Å²) in [4.78, 5) is 1.48. The molecule has 0 saturated heterocycles. The smallest absolute Gasteiger partial charge is 0.0120 e. The molecule has 0 spiro atoms. The molecule has 22 heavy (non-hydrogen) atoms.